The molecule has 1 aliphatic rings. The zero-order valence-electron chi connectivity index (χ0n) is 8.26. The van der Waals surface area contributed by atoms with E-state index in [2.05, 4.69) is 41.3 Å². The van der Waals surface area contributed by atoms with Gasteiger partial charge in [-0.2, -0.15) is 0 Å². The fourth-order valence-electron chi connectivity index (χ4n) is 1.66. The van der Waals surface area contributed by atoms with Gasteiger partial charge in [-0.05, 0) is 5.56 Å². The van der Waals surface area contributed by atoms with Gasteiger partial charge in [-0.3, -0.25) is 4.90 Å². The summed E-state index contributed by atoms with van der Waals surface area (Å²) in [5.74, 6) is 0. The summed E-state index contributed by atoms with van der Waals surface area (Å²) in [6.45, 7) is 3.10. The largest absolute Gasteiger partial charge is 0.325 e. The number of likely N-dealkylation sites (tertiary alicyclic amines) is 1. The van der Waals surface area contributed by atoms with Gasteiger partial charge >= 0.3 is 0 Å². The molecule has 0 spiro atoms. The molecule has 0 aromatic heterocycles. The van der Waals surface area contributed by atoms with Gasteiger partial charge < -0.3 is 5.73 Å². The van der Waals surface area contributed by atoms with Gasteiger partial charge in [-0.1, -0.05) is 42.5 Å². The van der Waals surface area contributed by atoms with Crippen LogP contribution < -0.4 is 5.73 Å². The molecule has 2 heteroatoms. The lowest BCUT2D eigenvalue weighted by atomic mass is 10.1. The van der Waals surface area contributed by atoms with E-state index in [0.717, 1.165) is 19.6 Å². The van der Waals surface area contributed by atoms with E-state index in [1.165, 1.54) is 5.56 Å². The predicted molar refractivity (Wildman–Crippen MR) is 59.9 cm³/mol. The summed E-state index contributed by atoms with van der Waals surface area (Å²) >= 11 is 0. The Morgan fingerprint density at radius 1 is 1.29 bits per heavy atom. The maximum Gasteiger partial charge on any atom is 0.0297 e. The molecule has 1 aromatic rings. The lowest BCUT2D eigenvalue weighted by Crippen LogP contribution is -2.55. The molecule has 2 N–H and O–H groups in total. The molecule has 0 bridgehead atoms. The van der Waals surface area contributed by atoms with E-state index < -0.39 is 0 Å². The van der Waals surface area contributed by atoms with Crippen molar-refractivity contribution in [1.29, 1.82) is 0 Å². The highest BCUT2D eigenvalue weighted by Gasteiger charge is 2.20. The van der Waals surface area contributed by atoms with Crippen molar-refractivity contribution in [3.8, 4) is 0 Å². The summed E-state index contributed by atoms with van der Waals surface area (Å²) < 4.78 is 0. The number of rotatable bonds is 3. The van der Waals surface area contributed by atoms with Crippen molar-refractivity contribution < 1.29 is 0 Å². The molecule has 0 radical (unpaired) electrons. The highest BCUT2D eigenvalue weighted by atomic mass is 15.2. The number of hydrogen-bond donors (Lipinski definition) is 1. The Bertz CT molecular complexity index is 299. The van der Waals surface area contributed by atoms with E-state index >= 15 is 0 Å². The van der Waals surface area contributed by atoms with Crippen molar-refractivity contribution in [3.05, 3.63) is 42.0 Å². The smallest absolute Gasteiger partial charge is 0.0297 e. The van der Waals surface area contributed by atoms with Crippen LogP contribution in [0.1, 0.15) is 5.56 Å². The Labute approximate surface area is 85.0 Å². The van der Waals surface area contributed by atoms with E-state index in [4.69, 9.17) is 5.73 Å². The standard InChI is InChI=1S/C12H16N2/c13-12-9-14(10-12)8-4-7-11-5-2-1-3-6-11/h1-7,12H,8-10,13H2/b7-4+. The predicted octanol–water partition coefficient (Wildman–Crippen LogP) is 1.34. The third kappa shape index (κ3) is 2.44. The molecule has 1 saturated heterocycles. The Kier molecular flexibility index (Phi) is 2.96. The lowest BCUT2D eigenvalue weighted by Gasteiger charge is -2.35. The minimum absolute atomic E-state index is 0.403. The van der Waals surface area contributed by atoms with Gasteiger partial charge in [-0.15, -0.1) is 0 Å². The second-order valence-corrected chi connectivity index (χ2v) is 3.79. The average Bonchev–Trinajstić information content (AvgIpc) is 2.17. The SMILES string of the molecule is NC1CN(C/C=C/c2ccccc2)C1. The molecule has 1 aromatic carbocycles. The van der Waals surface area contributed by atoms with Crippen LogP contribution in [0.2, 0.25) is 0 Å². The first kappa shape index (κ1) is 9.44. The van der Waals surface area contributed by atoms with Gasteiger partial charge in [0, 0.05) is 25.7 Å². The third-order valence-electron chi connectivity index (χ3n) is 2.46. The molecule has 2 nitrogen and oxygen atoms in total. The summed E-state index contributed by atoms with van der Waals surface area (Å²) in [7, 11) is 0. The molecular formula is C12H16N2. The lowest BCUT2D eigenvalue weighted by molar-refractivity contribution is 0.170. The van der Waals surface area contributed by atoms with Crippen LogP contribution in [0, 0.1) is 0 Å². The molecule has 1 heterocycles. The maximum atomic E-state index is 5.69. The highest BCUT2D eigenvalue weighted by Crippen LogP contribution is 2.06. The molecule has 1 fully saturated rings. The fourth-order valence-corrected chi connectivity index (χ4v) is 1.66. The highest BCUT2D eigenvalue weighted by molar-refractivity contribution is 5.48. The van der Waals surface area contributed by atoms with Crippen molar-refractivity contribution in [2.45, 2.75) is 6.04 Å². The van der Waals surface area contributed by atoms with Crippen molar-refractivity contribution in [2.75, 3.05) is 19.6 Å². The summed E-state index contributed by atoms with van der Waals surface area (Å²) in [4.78, 5) is 2.34. The van der Waals surface area contributed by atoms with E-state index in [1.807, 2.05) is 6.07 Å². The maximum absolute atomic E-state index is 5.69. The van der Waals surface area contributed by atoms with Gasteiger partial charge in [0.25, 0.3) is 0 Å². The number of nitrogens with two attached hydrogens (primary N) is 1. The number of benzene rings is 1. The molecule has 0 unspecified atom stereocenters. The third-order valence-corrected chi connectivity index (χ3v) is 2.46. The second-order valence-electron chi connectivity index (χ2n) is 3.79. The van der Waals surface area contributed by atoms with Crippen molar-refractivity contribution in [1.82, 2.24) is 4.90 Å². The molecule has 0 aliphatic carbocycles. The summed E-state index contributed by atoms with van der Waals surface area (Å²) in [5.41, 5.74) is 6.95. The quantitative estimate of drug-likeness (QED) is 0.775. The number of nitrogens with zero attached hydrogens (tertiary/aromatic N) is 1. The van der Waals surface area contributed by atoms with Crippen LogP contribution in [0.15, 0.2) is 36.4 Å². The Morgan fingerprint density at radius 2 is 2.00 bits per heavy atom. The van der Waals surface area contributed by atoms with Crippen LogP contribution in [0.25, 0.3) is 6.08 Å². The zero-order chi connectivity index (χ0) is 9.80. The molecule has 14 heavy (non-hydrogen) atoms. The first-order valence-electron chi connectivity index (χ1n) is 5.04. The van der Waals surface area contributed by atoms with Gasteiger partial charge in [-0.25, -0.2) is 0 Å². The monoisotopic (exact) mass is 188 g/mol. The summed E-state index contributed by atoms with van der Waals surface area (Å²) in [6, 6.07) is 10.8. The Balaban J connectivity index is 1.78. The van der Waals surface area contributed by atoms with E-state index in [1.54, 1.807) is 0 Å². The number of hydrogen-bond acceptors (Lipinski definition) is 2. The molecule has 0 atom stereocenters. The van der Waals surface area contributed by atoms with Crippen LogP contribution in [0.5, 0.6) is 0 Å². The molecule has 0 amide bonds. The molecule has 0 saturated carbocycles. The second kappa shape index (κ2) is 4.40. The average molecular weight is 188 g/mol. The Hall–Kier alpha value is -1.12. The van der Waals surface area contributed by atoms with Crippen molar-refractivity contribution in [3.63, 3.8) is 0 Å². The molecular weight excluding hydrogens is 172 g/mol. The minimum atomic E-state index is 0.403. The first-order chi connectivity index (χ1) is 6.84. The van der Waals surface area contributed by atoms with Gasteiger partial charge in [0.2, 0.25) is 0 Å². The van der Waals surface area contributed by atoms with E-state index in [-0.39, 0.29) is 0 Å². The zero-order valence-corrected chi connectivity index (χ0v) is 8.26. The molecule has 1 aliphatic heterocycles. The molecule has 74 valence electrons. The van der Waals surface area contributed by atoms with Gasteiger partial charge in [0.15, 0.2) is 0 Å². The fraction of sp³-hybridized carbons (Fsp3) is 0.333. The summed E-state index contributed by atoms with van der Waals surface area (Å²) in [5, 5.41) is 0. The molecule has 2 rings (SSSR count). The summed E-state index contributed by atoms with van der Waals surface area (Å²) in [6.07, 6.45) is 4.35. The van der Waals surface area contributed by atoms with E-state index in [9.17, 15) is 0 Å². The Morgan fingerprint density at radius 3 is 2.64 bits per heavy atom. The van der Waals surface area contributed by atoms with Crippen LogP contribution >= 0.6 is 0 Å². The first-order valence-corrected chi connectivity index (χ1v) is 5.04. The van der Waals surface area contributed by atoms with E-state index in [0.29, 0.717) is 6.04 Å². The van der Waals surface area contributed by atoms with Gasteiger partial charge in [0.1, 0.15) is 0 Å². The van der Waals surface area contributed by atoms with Crippen LogP contribution in [-0.2, 0) is 0 Å². The van der Waals surface area contributed by atoms with Gasteiger partial charge in [0.05, 0.1) is 0 Å². The topological polar surface area (TPSA) is 29.3 Å². The normalized spacial score (nSPS) is 18.6. The van der Waals surface area contributed by atoms with Crippen molar-refractivity contribution in [2.24, 2.45) is 5.73 Å². The van der Waals surface area contributed by atoms with Crippen LogP contribution in [0.4, 0.5) is 0 Å². The van der Waals surface area contributed by atoms with Crippen LogP contribution in [-0.4, -0.2) is 30.6 Å². The van der Waals surface area contributed by atoms with Crippen LogP contribution in [0.3, 0.4) is 0 Å². The van der Waals surface area contributed by atoms with Crippen molar-refractivity contribution >= 4 is 6.08 Å². The minimum Gasteiger partial charge on any atom is -0.325 e.